The van der Waals surface area contributed by atoms with E-state index in [2.05, 4.69) is 11.2 Å². The fraction of sp³-hybridized carbons (Fsp3) is 0.190. The molecule has 0 spiro atoms. The fourth-order valence-electron chi connectivity index (χ4n) is 2.73. The Hall–Kier alpha value is -2.90. The Kier molecular flexibility index (Phi) is 5.83. The summed E-state index contributed by atoms with van der Waals surface area (Å²) in [5, 5.41) is 4.67. The number of amides is 1. The molecule has 0 bridgehead atoms. The summed E-state index contributed by atoms with van der Waals surface area (Å²) in [7, 11) is 0. The van der Waals surface area contributed by atoms with E-state index in [4.69, 9.17) is 22.8 Å². The van der Waals surface area contributed by atoms with Crippen molar-refractivity contribution in [2.24, 2.45) is 0 Å². The lowest BCUT2D eigenvalue weighted by atomic mass is 10.1. The average molecular weight is 367 g/mol. The van der Waals surface area contributed by atoms with Gasteiger partial charge < -0.3 is 14.6 Å². The van der Waals surface area contributed by atoms with E-state index in [1.165, 1.54) is 0 Å². The highest BCUT2D eigenvalue weighted by atomic mass is 35.5. The van der Waals surface area contributed by atoms with Crippen molar-refractivity contribution in [1.29, 1.82) is 0 Å². The Morgan fingerprint density at radius 2 is 2.00 bits per heavy atom. The van der Waals surface area contributed by atoms with Gasteiger partial charge in [-0.25, -0.2) is 0 Å². The van der Waals surface area contributed by atoms with Gasteiger partial charge in [-0.1, -0.05) is 35.7 Å². The van der Waals surface area contributed by atoms with Crippen molar-refractivity contribution < 1.29 is 9.53 Å². The van der Waals surface area contributed by atoms with Crippen LogP contribution in [-0.2, 0) is 17.8 Å². The predicted molar refractivity (Wildman–Crippen MR) is 104 cm³/mol. The first kappa shape index (κ1) is 17.9. The van der Waals surface area contributed by atoms with Crippen LogP contribution in [0.2, 0.25) is 5.02 Å². The zero-order valence-corrected chi connectivity index (χ0v) is 15.0. The van der Waals surface area contributed by atoms with Crippen LogP contribution in [0.25, 0.3) is 10.9 Å². The maximum atomic E-state index is 12.2. The fourth-order valence-corrected chi connectivity index (χ4v) is 2.90. The largest absolute Gasteiger partial charge is 0.481 e. The lowest BCUT2D eigenvalue weighted by molar-refractivity contribution is -0.121. The number of carbonyl (C=O) groups excluding carboxylic acids is 1. The molecule has 26 heavy (non-hydrogen) atoms. The van der Waals surface area contributed by atoms with Gasteiger partial charge in [0.25, 0.3) is 0 Å². The lowest BCUT2D eigenvalue weighted by Gasteiger charge is -2.08. The number of nitrogens with zero attached hydrogens (tertiary/aromatic N) is 1. The van der Waals surface area contributed by atoms with Gasteiger partial charge in [-0.2, -0.15) is 0 Å². The molecule has 3 rings (SSSR count). The van der Waals surface area contributed by atoms with Crippen LogP contribution in [0.3, 0.4) is 0 Å². The highest BCUT2D eigenvalue weighted by Gasteiger charge is 2.06. The van der Waals surface area contributed by atoms with E-state index in [0.29, 0.717) is 11.6 Å². The Morgan fingerprint density at radius 3 is 2.77 bits per heavy atom. The van der Waals surface area contributed by atoms with E-state index in [-0.39, 0.29) is 19.1 Å². The summed E-state index contributed by atoms with van der Waals surface area (Å²) in [6.45, 7) is 1.10. The molecule has 0 saturated carbocycles. The monoisotopic (exact) mass is 366 g/mol. The quantitative estimate of drug-likeness (QED) is 0.648. The molecule has 1 aromatic heterocycles. The number of benzene rings is 2. The molecule has 1 N–H and O–H groups in total. The second kappa shape index (κ2) is 8.46. The Bertz CT molecular complexity index is 939. The second-order valence-electron chi connectivity index (χ2n) is 5.88. The zero-order chi connectivity index (χ0) is 18.4. The number of rotatable bonds is 7. The van der Waals surface area contributed by atoms with Crippen molar-refractivity contribution in [2.75, 3.05) is 13.2 Å². The van der Waals surface area contributed by atoms with E-state index in [1.807, 2.05) is 59.3 Å². The molecular weight excluding hydrogens is 348 g/mol. The molecule has 2 aromatic carbocycles. The minimum absolute atomic E-state index is 0.0311. The van der Waals surface area contributed by atoms with Crippen LogP contribution >= 0.6 is 11.6 Å². The van der Waals surface area contributed by atoms with Gasteiger partial charge in [-0.05, 0) is 47.7 Å². The summed E-state index contributed by atoms with van der Waals surface area (Å²) >= 11 is 6.04. The molecule has 5 heteroatoms. The Balaban J connectivity index is 1.49. The van der Waals surface area contributed by atoms with Crippen LogP contribution in [0.4, 0.5) is 0 Å². The molecule has 0 fully saturated rings. The van der Waals surface area contributed by atoms with Crippen LogP contribution < -0.4 is 10.1 Å². The summed E-state index contributed by atoms with van der Waals surface area (Å²) in [5.74, 6) is 3.14. The van der Waals surface area contributed by atoms with E-state index in [9.17, 15) is 4.79 Å². The van der Waals surface area contributed by atoms with Gasteiger partial charge in [-0.3, -0.25) is 4.79 Å². The molecule has 0 saturated heterocycles. The molecule has 0 radical (unpaired) electrons. The number of hydrogen-bond donors (Lipinski definition) is 1. The summed E-state index contributed by atoms with van der Waals surface area (Å²) in [5.41, 5.74) is 2.08. The van der Waals surface area contributed by atoms with Crippen molar-refractivity contribution >= 4 is 28.4 Å². The zero-order valence-electron chi connectivity index (χ0n) is 14.2. The van der Waals surface area contributed by atoms with Crippen LogP contribution in [0.15, 0.2) is 54.7 Å². The maximum absolute atomic E-state index is 12.2. The summed E-state index contributed by atoms with van der Waals surface area (Å²) in [4.78, 5) is 12.2. The third-order valence-electron chi connectivity index (χ3n) is 4.03. The number of ether oxygens (including phenoxy) is 1. The normalized spacial score (nSPS) is 10.5. The molecule has 3 aromatic rings. The molecule has 132 valence electrons. The number of halogens is 1. The van der Waals surface area contributed by atoms with E-state index < -0.39 is 0 Å². The number of aromatic nitrogens is 1. The van der Waals surface area contributed by atoms with Gasteiger partial charge in [0.1, 0.15) is 18.9 Å². The second-order valence-corrected chi connectivity index (χ2v) is 6.32. The van der Waals surface area contributed by atoms with Crippen LogP contribution in [-0.4, -0.2) is 23.6 Å². The molecule has 1 amide bonds. The SMILES string of the molecule is C#CCOc1ccc(CCNC(=O)Cn2ccc3ccc(Cl)cc32)cc1. The Labute approximate surface area is 157 Å². The van der Waals surface area contributed by atoms with Gasteiger partial charge in [0.2, 0.25) is 5.91 Å². The van der Waals surface area contributed by atoms with Crippen molar-refractivity contribution in [2.45, 2.75) is 13.0 Å². The van der Waals surface area contributed by atoms with Gasteiger partial charge >= 0.3 is 0 Å². The third kappa shape index (κ3) is 4.59. The topological polar surface area (TPSA) is 43.3 Å². The molecule has 0 aliphatic rings. The van der Waals surface area contributed by atoms with Gasteiger partial charge in [0.15, 0.2) is 0 Å². The first-order valence-corrected chi connectivity index (χ1v) is 8.70. The standard InChI is InChI=1S/C21H19ClN2O2/c1-2-13-26-19-7-3-16(4-8-19)9-11-23-21(25)15-24-12-10-17-5-6-18(22)14-20(17)24/h1,3-8,10,12,14H,9,11,13,15H2,(H,23,25). The van der Waals surface area contributed by atoms with Crippen molar-refractivity contribution in [3.05, 3.63) is 65.3 Å². The molecule has 0 aliphatic carbocycles. The van der Waals surface area contributed by atoms with E-state index >= 15 is 0 Å². The number of carbonyl (C=O) groups is 1. The highest BCUT2D eigenvalue weighted by molar-refractivity contribution is 6.31. The summed E-state index contributed by atoms with van der Waals surface area (Å²) in [6.07, 6.45) is 7.81. The predicted octanol–water partition coefficient (Wildman–Crippen LogP) is 3.67. The van der Waals surface area contributed by atoms with Crippen molar-refractivity contribution in [1.82, 2.24) is 9.88 Å². The van der Waals surface area contributed by atoms with Crippen LogP contribution in [0.5, 0.6) is 5.75 Å². The molecule has 4 nitrogen and oxygen atoms in total. The molecule has 0 aliphatic heterocycles. The number of fused-ring (bicyclic) bond motifs is 1. The maximum Gasteiger partial charge on any atom is 0.239 e. The smallest absolute Gasteiger partial charge is 0.239 e. The highest BCUT2D eigenvalue weighted by Crippen LogP contribution is 2.20. The van der Waals surface area contributed by atoms with Crippen LogP contribution in [0.1, 0.15) is 5.56 Å². The van der Waals surface area contributed by atoms with E-state index in [1.54, 1.807) is 0 Å². The van der Waals surface area contributed by atoms with Crippen molar-refractivity contribution in [3.8, 4) is 18.1 Å². The number of nitrogens with one attached hydrogen (secondary N) is 1. The molecule has 0 unspecified atom stereocenters. The Morgan fingerprint density at radius 1 is 1.19 bits per heavy atom. The molecule has 0 atom stereocenters. The lowest BCUT2D eigenvalue weighted by Crippen LogP contribution is -2.29. The summed E-state index contributed by atoms with van der Waals surface area (Å²) < 4.78 is 7.23. The number of hydrogen-bond acceptors (Lipinski definition) is 2. The van der Waals surface area contributed by atoms with Gasteiger partial charge in [0, 0.05) is 23.3 Å². The third-order valence-corrected chi connectivity index (χ3v) is 4.27. The minimum Gasteiger partial charge on any atom is -0.481 e. The minimum atomic E-state index is -0.0311. The first-order valence-electron chi connectivity index (χ1n) is 8.32. The average Bonchev–Trinajstić information content (AvgIpc) is 3.03. The molecular formula is C21H19ClN2O2. The summed E-state index contributed by atoms with van der Waals surface area (Å²) in [6, 6.07) is 15.3. The van der Waals surface area contributed by atoms with Crippen LogP contribution in [0, 0.1) is 12.3 Å². The van der Waals surface area contributed by atoms with Gasteiger partial charge in [0.05, 0.1) is 0 Å². The first-order chi connectivity index (χ1) is 12.7. The number of terminal acetylenes is 1. The molecule has 1 heterocycles. The van der Waals surface area contributed by atoms with Gasteiger partial charge in [-0.15, -0.1) is 6.42 Å². The van der Waals surface area contributed by atoms with Crippen molar-refractivity contribution in [3.63, 3.8) is 0 Å². The van der Waals surface area contributed by atoms with E-state index in [0.717, 1.165) is 28.6 Å².